The van der Waals surface area contributed by atoms with Crippen molar-refractivity contribution >= 4 is 57.2 Å². The van der Waals surface area contributed by atoms with E-state index in [9.17, 15) is 0 Å². The van der Waals surface area contributed by atoms with Crippen LogP contribution in [0.2, 0.25) is 0 Å². The highest BCUT2D eigenvalue weighted by Crippen LogP contribution is 2.21. The molecule has 0 fully saturated rings. The summed E-state index contributed by atoms with van der Waals surface area (Å²) in [5.41, 5.74) is 0. The van der Waals surface area contributed by atoms with E-state index in [0.717, 1.165) is 29.4 Å². The summed E-state index contributed by atoms with van der Waals surface area (Å²) in [4.78, 5) is 5.48. The second-order valence-electron chi connectivity index (χ2n) is 3.98. The van der Waals surface area contributed by atoms with E-state index < -0.39 is 0 Å². The second-order valence-corrected chi connectivity index (χ2v) is 6.53. The molecular weight excluding hydrogens is 451 g/mol. The molecule has 2 aromatic rings. The summed E-state index contributed by atoms with van der Waals surface area (Å²) in [5, 5.41) is 6.59. The lowest BCUT2D eigenvalue weighted by Gasteiger charge is -2.11. The van der Waals surface area contributed by atoms with Crippen molar-refractivity contribution in [1.29, 1.82) is 0 Å². The van der Waals surface area contributed by atoms with E-state index in [-0.39, 0.29) is 24.0 Å². The molecule has 0 radical (unpaired) electrons. The van der Waals surface area contributed by atoms with Crippen LogP contribution in [0.5, 0.6) is 0 Å². The molecule has 110 valence electrons. The molecule has 0 atom stereocenters. The lowest BCUT2D eigenvalue weighted by Crippen LogP contribution is -2.38. The highest BCUT2D eigenvalue weighted by atomic mass is 127. The number of hydrogen-bond acceptors (Lipinski definition) is 2. The molecule has 0 aliphatic heterocycles. The van der Waals surface area contributed by atoms with Crippen LogP contribution in [0.15, 0.2) is 45.4 Å². The third-order valence-corrected chi connectivity index (χ3v) is 4.23. The van der Waals surface area contributed by atoms with Crippen molar-refractivity contribution in [3.05, 3.63) is 45.3 Å². The topological polar surface area (TPSA) is 41.4 Å². The Balaban J connectivity index is 0.00000200. The Labute approximate surface area is 148 Å². The van der Waals surface area contributed by atoms with Crippen molar-refractivity contribution in [3.8, 4) is 0 Å². The third kappa shape index (κ3) is 5.84. The fourth-order valence-corrected chi connectivity index (χ4v) is 3.08. The van der Waals surface area contributed by atoms with Gasteiger partial charge < -0.3 is 15.2 Å². The Hall–Kier alpha value is -0.540. The molecule has 0 aliphatic carbocycles. The SMILES string of the molecule is CN=C(NCCn1cccc1)NCc1ccc(Br)s1.I. The van der Waals surface area contributed by atoms with Gasteiger partial charge in [-0.05, 0) is 40.2 Å². The lowest BCUT2D eigenvalue weighted by molar-refractivity contribution is 0.666. The molecule has 4 nitrogen and oxygen atoms in total. The van der Waals surface area contributed by atoms with E-state index in [1.54, 1.807) is 18.4 Å². The first-order valence-corrected chi connectivity index (χ1v) is 7.68. The van der Waals surface area contributed by atoms with Crippen molar-refractivity contribution < 1.29 is 0 Å². The number of aliphatic imine (C=N–C) groups is 1. The number of aromatic nitrogens is 1. The zero-order chi connectivity index (χ0) is 13.5. The Morgan fingerprint density at radius 3 is 2.65 bits per heavy atom. The Kier molecular flexibility index (Phi) is 8.24. The van der Waals surface area contributed by atoms with Crippen molar-refractivity contribution in [2.75, 3.05) is 13.6 Å². The van der Waals surface area contributed by atoms with Gasteiger partial charge in [0.1, 0.15) is 0 Å². The lowest BCUT2D eigenvalue weighted by atomic mass is 10.4. The van der Waals surface area contributed by atoms with E-state index >= 15 is 0 Å². The molecular formula is C13H18BrIN4S. The van der Waals surface area contributed by atoms with Gasteiger partial charge in [-0.15, -0.1) is 35.3 Å². The van der Waals surface area contributed by atoms with Gasteiger partial charge >= 0.3 is 0 Å². The van der Waals surface area contributed by atoms with E-state index in [1.807, 2.05) is 12.1 Å². The molecule has 0 aliphatic rings. The maximum Gasteiger partial charge on any atom is 0.191 e. The molecule has 0 aromatic carbocycles. The molecule has 0 unspecified atom stereocenters. The first-order chi connectivity index (χ1) is 9.28. The van der Waals surface area contributed by atoms with Crippen molar-refractivity contribution in [2.45, 2.75) is 13.1 Å². The van der Waals surface area contributed by atoms with Gasteiger partial charge in [0.05, 0.1) is 10.3 Å². The summed E-state index contributed by atoms with van der Waals surface area (Å²) in [7, 11) is 1.79. The van der Waals surface area contributed by atoms with Crippen LogP contribution >= 0.6 is 51.2 Å². The Morgan fingerprint density at radius 1 is 1.30 bits per heavy atom. The highest BCUT2D eigenvalue weighted by molar-refractivity contribution is 14.0. The minimum atomic E-state index is 0. The minimum absolute atomic E-state index is 0. The fourth-order valence-electron chi connectivity index (χ4n) is 1.66. The molecule has 2 rings (SSSR count). The van der Waals surface area contributed by atoms with Crippen LogP contribution in [-0.2, 0) is 13.1 Å². The number of nitrogens with one attached hydrogen (secondary N) is 2. The van der Waals surface area contributed by atoms with Gasteiger partial charge in [0.15, 0.2) is 5.96 Å². The molecule has 2 N–H and O–H groups in total. The van der Waals surface area contributed by atoms with Crippen LogP contribution in [0.4, 0.5) is 0 Å². The van der Waals surface area contributed by atoms with Gasteiger partial charge in [-0.1, -0.05) is 0 Å². The maximum atomic E-state index is 4.21. The molecule has 0 amide bonds. The van der Waals surface area contributed by atoms with Crippen LogP contribution in [0.3, 0.4) is 0 Å². The van der Waals surface area contributed by atoms with Crippen molar-refractivity contribution in [2.24, 2.45) is 4.99 Å². The normalized spacial score (nSPS) is 11.0. The van der Waals surface area contributed by atoms with Crippen molar-refractivity contribution in [3.63, 3.8) is 0 Å². The zero-order valence-corrected chi connectivity index (χ0v) is 15.9. The van der Waals surface area contributed by atoms with Gasteiger partial charge in [-0.3, -0.25) is 4.99 Å². The zero-order valence-electron chi connectivity index (χ0n) is 11.2. The van der Waals surface area contributed by atoms with Gasteiger partial charge in [0, 0.05) is 37.4 Å². The molecule has 0 spiro atoms. The monoisotopic (exact) mass is 468 g/mol. The predicted octanol–water partition coefficient (Wildman–Crippen LogP) is 3.30. The van der Waals surface area contributed by atoms with Crippen LogP contribution in [0.25, 0.3) is 0 Å². The van der Waals surface area contributed by atoms with Crippen molar-refractivity contribution in [1.82, 2.24) is 15.2 Å². The standard InChI is InChI=1S/C13H17BrN4S.HI/c1-15-13(16-6-9-18-7-2-3-8-18)17-10-11-4-5-12(14)19-11;/h2-5,7-8H,6,9-10H2,1H3,(H2,15,16,17);1H. The second kappa shape index (κ2) is 9.41. The summed E-state index contributed by atoms with van der Waals surface area (Å²) in [5.74, 6) is 0.830. The number of guanidine groups is 1. The van der Waals surface area contributed by atoms with Crippen LogP contribution in [0.1, 0.15) is 4.88 Å². The number of thiophene rings is 1. The maximum absolute atomic E-state index is 4.21. The molecule has 2 heterocycles. The van der Waals surface area contributed by atoms with Gasteiger partial charge in [0.25, 0.3) is 0 Å². The molecule has 0 bridgehead atoms. The van der Waals surface area contributed by atoms with E-state index in [4.69, 9.17) is 0 Å². The summed E-state index contributed by atoms with van der Waals surface area (Å²) >= 11 is 5.19. The summed E-state index contributed by atoms with van der Waals surface area (Å²) in [6, 6.07) is 8.22. The number of rotatable bonds is 5. The fraction of sp³-hybridized carbons (Fsp3) is 0.308. The molecule has 0 saturated heterocycles. The van der Waals surface area contributed by atoms with E-state index in [2.05, 4.69) is 60.6 Å². The van der Waals surface area contributed by atoms with Crippen LogP contribution < -0.4 is 10.6 Å². The Bertz CT molecular complexity index is 524. The average molecular weight is 469 g/mol. The smallest absolute Gasteiger partial charge is 0.191 e. The average Bonchev–Trinajstić information content (AvgIpc) is 3.05. The molecule has 0 saturated carbocycles. The quantitative estimate of drug-likeness (QED) is 0.401. The largest absolute Gasteiger partial charge is 0.355 e. The summed E-state index contributed by atoms with van der Waals surface area (Å²) < 4.78 is 3.29. The van der Waals surface area contributed by atoms with Gasteiger partial charge in [-0.2, -0.15) is 0 Å². The third-order valence-electron chi connectivity index (χ3n) is 2.61. The number of nitrogens with zero attached hydrogens (tertiary/aromatic N) is 2. The molecule has 20 heavy (non-hydrogen) atoms. The van der Waals surface area contributed by atoms with Gasteiger partial charge in [-0.25, -0.2) is 0 Å². The first kappa shape index (κ1) is 17.5. The van der Waals surface area contributed by atoms with E-state index in [1.165, 1.54) is 4.88 Å². The highest BCUT2D eigenvalue weighted by Gasteiger charge is 2.00. The summed E-state index contributed by atoms with van der Waals surface area (Å²) in [6.07, 6.45) is 4.11. The Morgan fingerprint density at radius 2 is 2.05 bits per heavy atom. The minimum Gasteiger partial charge on any atom is -0.355 e. The van der Waals surface area contributed by atoms with Gasteiger partial charge in [0.2, 0.25) is 0 Å². The van der Waals surface area contributed by atoms with Crippen LogP contribution in [-0.4, -0.2) is 24.1 Å². The number of hydrogen-bond donors (Lipinski definition) is 2. The first-order valence-electron chi connectivity index (χ1n) is 6.07. The van der Waals surface area contributed by atoms with E-state index in [0.29, 0.717) is 0 Å². The number of halogens is 2. The molecule has 7 heteroatoms. The predicted molar refractivity (Wildman–Crippen MR) is 100 cm³/mol. The summed E-state index contributed by atoms with van der Waals surface area (Å²) in [6.45, 7) is 2.57. The molecule has 2 aromatic heterocycles. The van der Waals surface area contributed by atoms with Crippen LogP contribution in [0, 0.1) is 0 Å².